The van der Waals surface area contributed by atoms with E-state index in [2.05, 4.69) is 31.1 Å². The summed E-state index contributed by atoms with van der Waals surface area (Å²) in [6.07, 6.45) is 0.817. The first-order chi connectivity index (χ1) is 9.34. The lowest BCUT2D eigenvalue weighted by molar-refractivity contribution is -0.177. The van der Waals surface area contributed by atoms with Crippen LogP contribution in [-0.4, -0.2) is 36.8 Å². The van der Waals surface area contributed by atoms with E-state index in [1.807, 2.05) is 0 Å². The molecule has 20 heavy (non-hydrogen) atoms. The van der Waals surface area contributed by atoms with Crippen molar-refractivity contribution in [3.05, 3.63) is 16.1 Å². The van der Waals surface area contributed by atoms with Crippen LogP contribution in [0, 0.1) is 5.41 Å². The molecule has 1 aromatic heterocycles. The monoisotopic (exact) mass is 298 g/mol. The van der Waals surface area contributed by atoms with Crippen molar-refractivity contribution in [2.45, 2.75) is 45.4 Å². The first kappa shape index (κ1) is 15.4. The number of hydrogen-bond donors (Lipinski definition) is 1. The molecule has 0 aliphatic heterocycles. The van der Waals surface area contributed by atoms with E-state index < -0.39 is 0 Å². The number of carbonyl (C=O) groups excluding carboxylic acids is 1. The van der Waals surface area contributed by atoms with Gasteiger partial charge in [0.15, 0.2) is 0 Å². The predicted molar refractivity (Wildman–Crippen MR) is 77.9 cm³/mol. The average molecular weight is 298 g/mol. The van der Waals surface area contributed by atoms with Crippen LogP contribution in [0.4, 0.5) is 0 Å². The number of nitrogens with one attached hydrogen (secondary N) is 1. The second-order valence-electron chi connectivity index (χ2n) is 5.95. The summed E-state index contributed by atoms with van der Waals surface area (Å²) in [6, 6.07) is 0.104. The normalized spacial score (nSPS) is 27.9. The first-order valence-corrected chi connectivity index (χ1v) is 7.51. The van der Waals surface area contributed by atoms with Crippen molar-refractivity contribution in [2.24, 2.45) is 5.41 Å². The van der Waals surface area contributed by atoms with E-state index in [4.69, 9.17) is 9.47 Å². The van der Waals surface area contributed by atoms with Crippen LogP contribution in [0.25, 0.3) is 0 Å². The van der Waals surface area contributed by atoms with Gasteiger partial charge in [0.05, 0.1) is 12.2 Å². The lowest BCUT2D eigenvalue weighted by Crippen LogP contribution is -2.68. The standard InChI is InChI=1S/C14H22N2O3S/c1-13(2)10(6-14(13,3)19-5)16-12(17)9-8-20-11(15-9)7-18-4/h8,10H,6-7H2,1-5H3,(H,16,17)/t10-,14+/m0/s1. The smallest absolute Gasteiger partial charge is 0.271 e. The zero-order valence-electron chi connectivity index (χ0n) is 12.6. The van der Waals surface area contributed by atoms with Gasteiger partial charge in [-0.25, -0.2) is 4.98 Å². The van der Waals surface area contributed by atoms with Crippen LogP contribution in [0.15, 0.2) is 5.38 Å². The molecular formula is C14H22N2O3S. The third-order valence-corrected chi connectivity index (χ3v) is 5.46. The Morgan fingerprint density at radius 3 is 2.75 bits per heavy atom. The quantitative estimate of drug-likeness (QED) is 0.905. The third-order valence-electron chi connectivity index (χ3n) is 4.64. The average Bonchev–Trinajstić information content (AvgIpc) is 2.87. The van der Waals surface area contributed by atoms with Gasteiger partial charge in [-0.1, -0.05) is 13.8 Å². The molecule has 1 fully saturated rings. The molecule has 6 heteroatoms. The first-order valence-electron chi connectivity index (χ1n) is 6.63. The van der Waals surface area contributed by atoms with E-state index in [1.165, 1.54) is 11.3 Å². The highest BCUT2D eigenvalue weighted by Gasteiger charge is 2.58. The van der Waals surface area contributed by atoms with E-state index in [1.54, 1.807) is 19.6 Å². The zero-order valence-corrected chi connectivity index (χ0v) is 13.5. The van der Waals surface area contributed by atoms with E-state index in [0.29, 0.717) is 12.3 Å². The Balaban J connectivity index is 1.99. The second kappa shape index (κ2) is 5.42. The van der Waals surface area contributed by atoms with E-state index >= 15 is 0 Å². The summed E-state index contributed by atoms with van der Waals surface area (Å²) in [7, 11) is 3.33. The topological polar surface area (TPSA) is 60.5 Å². The lowest BCUT2D eigenvalue weighted by atomic mass is 9.56. The Morgan fingerprint density at radius 1 is 1.50 bits per heavy atom. The summed E-state index contributed by atoms with van der Waals surface area (Å²) in [5.41, 5.74) is 0.181. The molecule has 1 N–H and O–H groups in total. The Kier molecular flexibility index (Phi) is 4.18. The number of aromatic nitrogens is 1. The van der Waals surface area contributed by atoms with E-state index in [0.717, 1.165) is 11.4 Å². The fraction of sp³-hybridized carbons (Fsp3) is 0.714. The summed E-state index contributed by atoms with van der Waals surface area (Å²) in [4.78, 5) is 16.5. The maximum Gasteiger partial charge on any atom is 0.271 e. The summed E-state index contributed by atoms with van der Waals surface area (Å²) in [5.74, 6) is -0.125. The Labute approximate surface area is 123 Å². The van der Waals surface area contributed by atoms with Gasteiger partial charge in [0.1, 0.15) is 10.7 Å². The number of thiazole rings is 1. The van der Waals surface area contributed by atoms with Crippen molar-refractivity contribution < 1.29 is 14.3 Å². The number of hydrogen-bond acceptors (Lipinski definition) is 5. The maximum absolute atomic E-state index is 12.2. The number of rotatable bonds is 5. The largest absolute Gasteiger partial charge is 0.378 e. The predicted octanol–water partition coefficient (Wildman–Crippen LogP) is 2.22. The number of amides is 1. The van der Waals surface area contributed by atoms with E-state index in [-0.39, 0.29) is 23.0 Å². The molecule has 1 aliphatic carbocycles. The van der Waals surface area contributed by atoms with Gasteiger partial charge in [0.25, 0.3) is 5.91 Å². The fourth-order valence-electron chi connectivity index (χ4n) is 2.56. The summed E-state index contributed by atoms with van der Waals surface area (Å²) in [5, 5.41) is 5.63. The second-order valence-corrected chi connectivity index (χ2v) is 6.89. The van der Waals surface area contributed by atoms with Gasteiger partial charge in [-0.15, -0.1) is 11.3 Å². The van der Waals surface area contributed by atoms with Crippen molar-refractivity contribution >= 4 is 17.2 Å². The molecule has 1 aromatic rings. The van der Waals surface area contributed by atoms with Gasteiger partial charge in [0, 0.05) is 31.1 Å². The highest BCUT2D eigenvalue weighted by Crippen LogP contribution is 2.51. The van der Waals surface area contributed by atoms with Crippen LogP contribution >= 0.6 is 11.3 Å². The van der Waals surface area contributed by atoms with E-state index in [9.17, 15) is 4.79 Å². The highest BCUT2D eigenvalue weighted by molar-refractivity contribution is 7.09. The maximum atomic E-state index is 12.2. The molecular weight excluding hydrogens is 276 g/mol. The van der Waals surface area contributed by atoms with Crippen molar-refractivity contribution in [3.8, 4) is 0 Å². The highest BCUT2D eigenvalue weighted by atomic mass is 32.1. The van der Waals surface area contributed by atoms with Crippen molar-refractivity contribution in [2.75, 3.05) is 14.2 Å². The SMILES string of the molecule is COCc1nc(C(=O)N[C@H]2C[C@@](C)(OC)C2(C)C)cs1. The minimum absolute atomic E-state index is 0.0945. The molecule has 0 unspecified atom stereocenters. The molecule has 0 radical (unpaired) electrons. The number of methoxy groups -OCH3 is 2. The number of ether oxygens (including phenoxy) is 2. The lowest BCUT2D eigenvalue weighted by Gasteiger charge is -2.59. The molecule has 1 heterocycles. The Bertz CT molecular complexity index is 500. The van der Waals surface area contributed by atoms with Crippen LogP contribution in [0.5, 0.6) is 0 Å². The van der Waals surface area contributed by atoms with Gasteiger partial charge in [-0.05, 0) is 13.3 Å². The summed E-state index contributed by atoms with van der Waals surface area (Å²) < 4.78 is 10.6. The Morgan fingerprint density at radius 2 is 2.20 bits per heavy atom. The van der Waals surface area contributed by atoms with Gasteiger partial charge in [-0.3, -0.25) is 4.79 Å². The zero-order chi connectivity index (χ0) is 15.0. The molecule has 1 aliphatic rings. The molecule has 2 atom stereocenters. The molecule has 5 nitrogen and oxygen atoms in total. The van der Waals surface area contributed by atoms with Crippen LogP contribution < -0.4 is 5.32 Å². The van der Waals surface area contributed by atoms with Crippen LogP contribution in [0.3, 0.4) is 0 Å². The summed E-state index contributed by atoms with van der Waals surface area (Å²) >= 11 is 1.44. The van der Waals surface area contributed by atoms with Gasteiger partial charge in [0.2, 0.25) is 0 Å². The number of carbonyl (C=O) groups is 1. The van der Waals surface area contributed by atoms with Gasteiger partial charge >= 0.3 is 0 Å². The van der Waals surface area contributed by atoms with Crippen LogP contribution in [0.2, 0.25) is 0 Å². The van der Waals surface area contributed by atoms with Crippen molar-refractivity contribution in [1.29, 1.82) is 0 Å². The van der Waals surface area contributed by atoms with Gasteiger partial charge < -0.3 is 14.8 Å². The molecule has 0 saturated heterocycles. The molecule has 1 saturated carbocycles. The minimum atomic E-state index is -0.186. The van der Waals surface area contributed by atoms with Gasteiger partial charge in [-0.2, -0.15) is 0 Å². The molecule has 0 bridgehead atoms. The Hall–Kier alpha value is -0.980. The minimum Gasteiger partial charge on any atom is -0.378 e. The molecule has 1 amide bonds. The van der Waals surface area contributed by atoms with Crippen LogP contribution in [0.1, 0.15) is 42.7 Å². The molecule has 0 aromatic carbocycles. The fourth-order valence-corrected chi connectivity index (χ4v) is 3.30. The van der Waals surface area contributed by atoms with Crippen molar-refractivity contribution in [3.63, 3.8) is 0 Å². The number of nitrogens with zero attached hydrogens (tertiary/aromatic N) is 1. The van der Waals surface area contributed by atoms with Crippen LogP contribution in [-0.2, 0) is 16.1 Å². The van der Waals surface area contributed by atoms with Crippen molar-refractivity contribution in [1.82, 2.24) is 10.3 Å². The molecule has 0 spiro atoms. The summed E-state index contributed by atoms with van der Waals surface area (Å²) in [6.45, 7) is 6.74. The molecule has 112 valence electrons. The third kappa shape index (κ3) is 2.47. The molecule has 2 rings (SSSR count).